The summed E-state index contributed by atoms with van der Waals surface area (Å²) < 4.78 is 5.70. The largest absolute Gasteiger partial charge is 0.484 e. The molecule has 1 atom stereocenters. The lowest BCUT2D eigenvalue weighted by Gasteiger charge is -2.38. The van der Waals surface area contributed by atoms with Crippen LogP contribution >= 0.6 is 11.6 Å². The number of imidazole rings is 1. The van der Waals surface area contributed by atoms with Crippen molar-refractivity contribution in [3.63, 3.8) is 0 Å². The molecule has 9 nitrogen and oxygen atoms in total. The van der Waals surface area contributed by atoms with Crippen molar-refractivity contribution in [1.82, 2.24) is 30.1 Å². The van der Waals surface area contributed by atoms with E-state index in [0.29, 0.717) is 28.3 Å². The van der Waals surface area contributed by atoms with Crippen molar-refractivity contribution in [1.29, 1.82) is 0 Å². The van der Waals surface area contributed by atoms with Crippen molar-refractivity contribution in [2.24, 2.45) is 0 Å². The highest BCUT2D eigenvalue weighted by Crippen LogP contribution is 2.35. The normalized spacial score (nSPS) is 15.2. The van der Waals surface area contributed by atoms with Gasteiger partial charge in [-0.05, 0) is 63.7 Å². The summed E-state index contributed by atoms with van der Waals surface area (Å²) in [4.78, 5) is 31.8. The molecule has 4 aromatic rings. The second-order valence-electron chi connectivity index (χ2n) is 11.4. The molecule has 1 aliphatic heterocycles. The molecule has 0 saturated carbocycles. The maximum absolute atomic E-state index is 12.2. The molecule has 1 saturated heterocycles. The van der Waals surface area contributed by atoms with Crippen molar-refractivity contribution in [3.05, 3.63) is 71.4 Å². The Morgan fingerprint density at radius 1 is 1.12 bits per heavy atom. The van der Waals surface area contributed by atoms with Gasteiger partial charge < -0.3 is 24.8 Å². The molecule has 0 spiro atoms. The van der Waals surface area contributed by atoms with Crippen LogP contribution in [-0.2, 0) is 11.3 Å². The Labute approximate surface area is 252 Å². The number of nitrogens with zero attached hydrogens (tertiary/aromatic N) is 5. The number of pyridine rings is 1. The zero-order valence-corrected chi connectivity index (χ0v) is 25.6. The van der Waals surface area contributed by atoms with Crippen LogP contribution in [0.15, 0.2) is 60.8 Å². The van der Waals surface area contributed by atoms with E-state index in [0.717, 1.165) is 55.8 Å². The predicted molar refractivity (Wildman–Crippen MR) is 169 cm³/mol. The summed E-state index contributed by atoms with van der Waals surface area (Å²) in [5.41, 5.74) is 4.63. The van der Waals surface area contributed by atoms with Crippen molar-refractivity contribution in [2.75, 3.05) is 52.3 Å². The molecular formula is C32H40ClN7O2. The molecule has 1 fully saturated rings. The number of amides is 1. The minimum absolute atomic E-state index is 0.0367. The molecule has 2 aromatic heterocycles. The van der Waals surface area contributed by atoms with E-state index in [1.165, 1.54) is 5.56 Å². The lowest BCUT2D eigenvalue weighted by atomic mass is 10.0. The lowest BCUT2D eigenvalue weighted by Crippen LogP contribution is -2.43. The lowest BCUT2D eigenvalue weighted by molar-refractivity contribution is -0.123. The number of carbonyl (C=O) groups is 1. The molecule has 2 aromatic carbocycles. The Morgan fingerprint density at radius 2 is 1.83 bits per heavy atom. The number of anilines is 1. The second kappa shape index (κ2) is 13.5. The van der Waals surface area contributed by atoms with Crippen LogP contribution in [0, 0.1) is 0 Å². The number of likely N-dealkylation sites (N-methyl/N-ethyl adjacent to an activating group) is 1. The van der Waals surface area contributed by atoms with Gasteiger partial charge in [0.1, 0.15) is 17.1 Å². The summed E-state index contributed by atoms with van der Waals surface area (Å²) in [7, 11) is 6.07. The highest BCUT2D eigenvalue weighted by atomic mass is 35.5. The van der Waals surface area contributed by atoms with E-state index in [1.54, 1.807) is 6.20 Å². The van der Waals surface area contributed by atoms with E-state index in [-0.39, 0.29) is 18.6 Å². The smallest absolute Gasteiger partial charge is 0.258 e. The van der Waals surface area contributed by atoms with E-state index in [1.807, 2.05) is 50.2 Å². The van der Waals surface area contributed by atoms with Crippen LogP contribution in [0.3, 0.4) is 0 Å². The van der Waals surface area contributed by atoms with Crippen LogP contribution in [-0.4, -0.2) is 90.1 Å². The number of likely N-dealkylation sites (tertiary alicyclic amines) is 1. The summed E-state index contributed by atoms with van der Waals surface area (Å²) in [6, 6.07) is 18.6. The highest BCUT2D eigenvalue weighted by molar-refractivity contribution is 6.34. The van der Waals surface area contributed by atoms with Gasteiger partial charge in [0, 0.05) is 50.9 Å². The topological polar surface area (TPSA) is 89.6 Å². The third-order valence-corrected chi connectivity index (χ3v) is 7.98. The zero-order chi connectivity index (χ0) is 29.6. The van der Waals surface area contributed by atoms with Crippen LogP contribution < -0.4 is 15.0 Å². The molecule has 1 amide bonds. The number of nitrogens with one attached hydrogen (secondary N) is 2. The van der Waals surface area contributed by atoms with Gasteiger partial charge in [0.2, 0.25) is 0 Å². The van der Waals surface area contributed by atoms with E-state index in [4.69, 9.17) is 21.3 Å². The van der Waals surface area contributed by atoms with Gasteiger partial charge in [-0.3, -0.25) is 9.69 Å². The van der Waals surface area contributed by atoms with E-state index < -0.39 is 0 Å². The third kappa shape index (κ3) is 7.40. The van der Waals surface area contributed by atoms with Gasteiger partial charge in [-0.15, -0.1) is 0 Å². The van der Waals surface area contributed by atoms with Crippen molar-refractivity contribution in [3.8, 4) is 17.1 Å². The summed E-state index contributed by atoms with van der Waals surface area (Å²) in [5, 5.41) is 3.55. The number of benzene rings is 2. The number of aromatic nitrogens is 3. The fourth-order valence-corrected chi connectivity index (χ4v) is 5.94. The third-order valence-electron chi connectivity index (χ3n) is 7.70. The van der Waals surface area contributed by atoms with Crippen LogP contribution in [0.5, 0.6) is 5.75 Å². The van der Waals surface area contributed by atoms with E-state index in [2.05, 4.69) is 62.5 Å². The van der Waals surface area contributed by atoms with Gasteiger partial charge in [0.05, 0.1) is 16.9 Å². The maximum Gasteiger partial charge on any atom is 0.258 e. The Balaban J connectivity index is 1.23. The quantitative estimate of drug-likeness (QED) is 0.259. The fourth-order valence-electron chi connectivity index (χ4n) is 5.66. The number of hydrogen-bond donors (Lipinski definition) is 2. The highest BCUT2D eigenvalue weighted by Gasteiger charge is 2.26. The number of fused-ring (bicyclic) bond motifs is 1. The SMILES string of the molecule is CC(CN(C)C)NC(=O)COc1ccc(-c2nc3ncc(Cl)c(N(C)C4CCN(Cc5ccccc5)CC4)c3[nH]2)cc1. The molecule has 5 rings (SSSR count). The molecule has 2 N–H and O–H groups in total. The summed E-state index contributed by atoms with van der Waals surface area (Å²) in [5.74, 6) is 1.17. The molecule has 3 heterocycles. The molecule has 10 heteroatoms. The van der Waals surface area contributed by atoms with Gasteiger partial charge >= 0.3 is 0 Å². The van der Waals surface area contributed by atoms with E-state index in [9.17, 15) is 4.79 Å². The minimum Gasteiger partial charge on any atom is -0.484 e. The first-order chi connectivity index (χ1) is 20.3. The monoisotopic (exact) mass is 589 g/mol. The number of ether oxygens (including phenoxy) is 1. The second-order valence-corrected chi connectivity index (χ2v) is 11.8. The van der Waals surface area contributed by atoms with E-state index >= 15 is 0 Å². The Bertz CT molecular complexity index is 1470. The van der Waals surface area contributed by atoms with Crippen LogP contribution in [0.25, 0.3) is 22.6 Å². The predicted octanol–water partition coefficient (Wildman–Crippen LogP) is 4.82. The Kier molecular flexibility index (Phi) is 9.62. The molecule has 0 radical (unpaired) electrons. The number of H-pyrrole nitrogens is 1. The summed E-state index contributed by atoms with van der Waals surface area (Å²) in [6.45, 7) is 5.76. The standard InChI is InChI=1S/C32H40ClN7O2/c1-22(19-38(2)3)35-28(41)21-42-26-12-10-24(11-13-26)31-36-29-30(27(33)18-34-32(29)37-31)39(4)25-14-16-40(17-15-25)20-23-8-6-5-7-9-23/h5-13,18,22,25H,14-17,19-21H2,1-4H3,(H,35,41)(H,34,36,37). The van der Waals surface area contributed by atoms with Crippen molar-refractivity contribution >= 4 is 34.4 Å². The maximum atomic E-state index is 12.2. The average Bonchev–Trinajstić information content (AvgIpc) is 3.41. The Morgan fingerprint density at radius 3 is 2.52 bits per heavy atom. The van der Waals surface area contributed by atoms with Crippen LogP contribution in [0.1, 0.15) is 25.3 Å². The van der Waals surface area contributed by atoms with Gasteiger partial charge in [0.25, 0.3) is 5.91 Å². The molecule has 222 valence electrons. The number of carbonyl (C=O) groups excluding carboxylic acids is 1. The van der Waals surface area contributed by atoms with Crippen LogP contribution in [0.2, 0.25) is 5.02 Å². The molecule has 0 bridgehead atoms. The Hall–Kier alpha value is -3.66. The number of halogens is 1. The van der Waals surface area contributed by atoms with Gasteiger partial charge in [-0.2, -0.15) is 0 Å². The first-order valence-electron chi connectivity index (χ1n) is 14.5. The first-order valence-corrected chi connectivity index (χ1v) is 14.8. The van der Waals surface area contributed by atoms with Crippen molar-refractivity contribution < 1.29 is 9.53 Å². The van der Waals surface area contributed by atoms with Gasteiger partial charge in [0.15, 0.2) is 12.3 Å². The van der Waals surface area contributed by atoms with Crippen LogP contribution in [0.4, 0.5) is 5.69 Å². The molecule has 1 unspecified atom stereocenters. The molecule has 0 aliphatic carbocycles. The number of rotatable bonds is 11. The minimum atomic E-state index is -0.146. The van der Waals surface area contributed by atoms with Crippen molar-refractivity contribution in [2.45, 2.75) is 38.4 Å². The number of piperidine rings is 1. The fraction of sp³-hybridized carbons (Fsp3) is 0.406. The molecular weight excluding hydrogens is 550 g/mol. The molecule has 1 aliphatic rings. The number of aromatic amines is 1. The number of hydrogen-bond acceptors (Lipinski definition) is 7. The summed E-state index contributed by atoms with van der Waals surface area (Å²) >= 11 is 6.73. The zero-order valence-electron chi connectivity index (χ0n) is 24.8. The molecule has 42 heavy (non-hydrogen) atoms. The summed E-state index contributed by atoms with van der Waals surface area (Å²) in [6.07, 6.45) is 3.79. The van der Waals surface area contributed by atoms with Gasteiger partial charge in [-0.25, -0.2) is 9.97 Å². The average molecular weight is 590 g/mol. The first kappa shape index (κ1) is 29.8. The van der Waals surface area contributed by atoms with Gasteiger partial charge in [-0.1, -0.05) is 41.9 Å².